The number of pyridine rings is 1. The number of H-pyrrole nitrogens is 1. The summed E-state index contributed by atoms with van der Waals surface area (Å²) < 4.78 is 26.2. The SMILES string of the molecule is CC(C)Nc1cccnc1N1CCN(C(=O)c2cc3cc(N(C(=O)N4CCNCC4)S(C)(=O)=O)ccc3[nH]2)CC1. The number of carbonyl (C=O) groups excluding carboxylic acids is 2. The Morgan fingerprint density at radius 3 is 2.40 bits per heavy atom. The zero-order valence-corrected chi connectivity index (χ0v) is 23.9. The van der Waals surface area contributed by atoms with Crippen molar-refractivity contribution in [3.8, 4) is 0 Å². The normalized spacial score (nSPS) is 16.4. The fourth-order valence-corrected chi connectivity index (χ4v) is 6.05. The molecule has 0 aliphatic carbocycles. The highest BCUT2D eigenvalue weighted by atomic mass is 32.2. The Morgan fingerprint density at radius 1 is 1.00 bits per heavy atom. The van der Waals surface area contributed by atoms with Crippen LogP contribution in [-0.2, 0) is 10.0 Å². The molecule has 1 aromatic carbocycles. The predicted octanol–water partition coefficient (Wildman–Crippen LogP) is 2.14. The summed E-state index contributed by atoms with van der Waals surface area (Å²) in [6.45, 7) is 8.62. The number of amides is 3. The summed E-state index contributed by atoms with van der Waals surface area (Å²) in [6, 6.07) is 10.3. The molecule has 214 valence electrons. The van der Waals surface area contributed by atoms with Gasteiger partial charge < -0.3 is 30.3 Å². The molecule has 2 aliphatic heterocycles. The highest BCUT2D eigenvalue weighted by Crippen LogP contribution is 2.28. The highest BCUT2D eigenvalue weighted by molar-refractivity contribution is 7.92. The van der Waals surface area contributed by atoms with Crippen molar-refractivity contribution in [1.29, 1.82) is 0 Å². The number of aromatic amines is 1. The molecule has 12 nitrogen and oxygen atoms in total. The second kappa shape index (κ2) is 11.3. The first-order valence-electron chi connectivity index (χ1n) is 13.5. The third-order valence-corrected chi connectivity index (χ3v) is 8.09. The van der Waals surface area contributed by atoms with E-state index in [0.717, 1.165) is 22.1 Å². The second-order valence-electron chi connectivity index (χ2n) is 10.5. The Hall–Kier alpha value is -3.84. The maximum atomic E-state index is 13.4. The topological polar surface area (TPSA) is 134 Å². The van der Waals surface area contributed by atoms with E-state index in [-0.39, 0.29) is 17.6 Å². The van der Waals surface area contributed by atoms with E-state index < -0.39 is 16.1 Å². The molecular formula is C27H36N8O4S. The van der Waals surface area contributed by atoms with E-state index in [1.165, 1.54) is 4.90 Å². The number of aromatic nitrogens is 2. The number of rotatable bonds is 6. The molecule has 2 aromatic heterocycles. The van der Waals surface area contributed by atoms with E-state index in [0.29, 0.717) is 69.0 Å². The first kappa shape index (κ1) is 27.7. The monoisotopic (exact) mass is 568 g/mol. The van der Waals surface area contributed by atoms with Crippen molar-refractivity contribution < 1.29 is 18.0 Å². The smallest absolute Gasteiger partial charge is 0.338 e. The number of hydrogen-bond donors (Lipinski definition) is 3. The molecule has 0 unspecified atom stereocenters. The van der Waals surface area contributed by atoms with Crippen LogP contribution in [0.15, 0.2) is 42.6 Å². The molecule has 3 aromatic rings. The number of sulfonamides is 1. The average molecular weight is 569 g/mol. The van der Waals surface area contributed by atoms with Crippen LogP contribution in [0.3, 0.4) is 0 Å². The van der Waals surface area contributed by atoms with Crippen LogP contribution in [0.1, 0.15) is 24.3 Å². The Morgan fingerprint density at radius 2 is 1.73 bits per heavy atom. The van der Waals surface area contributed by atoms with Crippen LogP contribution in [0.2, 0.25) is 0 Å². The van der Waals surface area contributed by atoms with Crippen molar-refractivity contribution in [1.82, 2.24) is 25.1 Å². The Labute approximate surface area is 234 Å². The highest BCUT2D eigenvalue weighted by Gasteiger charge is 2.31. The molecule has 4 heterocycles. The van der Waals surface area contributed by atoms with Crippen LogP contribution in [-0.4, -0.2) is 105 Å². The van der Waals surface area contributed by atoms with Crippen LogP contribution in [0.4, 0.5) is 22.0 Å². The number of nitrogens with one attached hydrogen (secondary N) is 3. The van der Waals surface area contributed by atoms with Crippen LogP contribution < -0.4 is 19.8 Å². The van der Waals surface area contributed by atoms with E-state index >= 15 is 0 Å². The molecule has 0 atom stereocenters. The van der Waals surface area contributed by atoms with Gasteiger partial charge >= 0.3 is 6.03 Å². The first-order valence-corrected chi connectivity index (χ1v) is 15.3. The fourth-order valence-electron chi connectivity index (χ4n) is 5.15. The zero-order chi connectivity index (χ0) is 28.4. The minimum atomic E-state index is -3.88. The van der Waals surface area contributed by atoms with Gasteiger partial charge in [0.15, 0.2) is 5.82 Å². The van der Waals surface area contributed by atoms with Crippen molar-refractivity contribution in [2.45, 2.75) is 19.9 Å². The fraction of sp³-hybridized carbons (Fsp3) is 0.444. The Kier molecular flexibility index (Phi) is 7.86. The van der Waals surface area contributed by atoms with Crippen molar-refractivity contribution in [3.63, 3.8) is 0 Å². The molecular weight excluding hydrogens is 532 g/mol. The van der Waals surface area contributed by atoms with Gasteiger partial charge in [0.25, 0.3) is 5.91 Å². The average Bonchev–Trinajstić information content (AvgIpc) is 3.36. The summed E-state index contributed by atoms with van der Waals surface area (Å²) in [5.41, 5.74) is 2.32. The van der Waals surface area contributed by atoms with Crippen LogP contribution in [0, 0.1) is 0 Å². The molecule has 3 amide bonds. The van der Waals surface area contributed by atoms with Gasteiger partial charge in [-0.25, -0.2) is 18.2 Å². The lowest BCUT2D eigenvalue weighted by molar-refractivity contribution is 0.0741. The van der Waals surface area contributed by atoms with Crippen LogP contribution in [0.25, 0.3) is 10.9 Å². The van der Waals surface area contributed by atoms with Gasteiger partial charge in [-0.15, -0.1) is 0 Å². The second-order valence-corrected chi connectivity index (χ2v) is 12.3. The summed E-state index contributed by atoms with van der Waals surface area (Å²) in [6.07, 6.45) is 2.80. The number of fused-ring (bicyclic) bond motifs is 1. The Balaban J connectivity index is 1.31. The maximum Gasteiger partial charge on any atom is 0.338 e. The van der Waals surface area contributed by atoms with E-state index in [4.69, 9.17) is 0 Å². The molecule has 0 bridgehead atoms. The van der Waals surface area contributed by atoms with Gasteiger partial charge in [-0.1, -0.05) is 0 Å². The molecule has 3 N–H and O–H groups in total. The Bertz CT molecular complexity index is 1490. The van der Waals surface area contributed by atoms with E-state index in [1.54, 1.807) is 35.4 Å². The summed E-state index contributed by atoms with van der Waals surface area (Å²) in [5.74, 6) is 0.753. The zero-order valence-electron chi connectivity index (χ0n) is 23.1. The summed E-state index contributed by atoms with van der Waals surface area (Å²) in [5, 5.41) is 7.25. The molecule has 0 spiro atoms. The van der Waals surface area contributed by atoms with Crippen molar-refractivity contribution >= 4 is 50.1 Å². The number of benzene rings is 1. The van der Waals surface area contributed by atoms with Gasteiger partial charge in [-0.05, 0) is 50.2 Å². The molecule has 5 rings (SSSR count). The van der Waals surface area contributed by atoms with E-state index in [9.17, 15) is 18.0 Å². The molecule has 2 saturated heterocycles. The summed E-state index contributed by atoms with van der Waals surface area (Å²) >= 11 is 0. The van der Waals surface area contributed by atoms with Gasteiger partial charge in [0, 0.05) is 75.5 Å². The van der Waals surface area contributed by atoms with Crippen LogP contribution >= 0.6 is 0 Å². The van der Waals surface area contributed by atoms with Gasteiger partial charge in [0.1, 0.15) is 5.69 Å². The largest absolute Gasteiger partial charge is 0.380 e. The number of anilines is 3. The quantitative estimate of drug-likeness (QED) is 0.412. The van der Waals surface area contributed by atoms with E-state index in [1.807, 2.05) is 12.1 Å². The summed E-state index contributed by atoms with van der Waals surface area (Å²) in [4.78, 5) is 39.8. The molecule has 0 radical (unpaired) electrons. The maximum absolute atomic E-state index is 13.4. The number of nitrogens with zero attached hydrogens (tertiary/aromatic N) is 5. The lowest BCUT2D eigenvalue weighted by Crippen LogP contribution is -2.53. The van der Waals surface area contributed by atoms with Crippen molar-refractivity contribution in [2.24, 2.45) is 0 Å². The van der Waals surface area contributed by atoms with Gasteiger partial charge in [-0.2, -0.15) is 4.31 Å². The number of urea groups is 1. The molecule has 2 fully saturated rings. The van der Waals surface area contributed by atoms with Crippen molar-refractivity contribution in [3.05, 3.63) is 48.3 Å². The molecule has 0 saturated carbocycles. The minimum absolute atomic E-state index is 0.129. The number of piperazine rings is 2. The van der Waals surface area contributed by atoms with Gasteiger partial charge in [-0.3, -0.25) is 4.79 Å². The van der Waals surface area contributed by atoms with Crippen molar-refractivity contribution in [2.75, 3.05) is 73.1 Å². The molecule has 40 heavy (non-hydrogen) atoms. The first-order chi connectivity index (χ1) is 19.1. The third kappa shape index (κ3) is 5.85. The van der Waals surface area contributed by atoms with Crippen LogP contribution in [0.5, 0.6) is 0 Å². The predicted molar refractivity (Wildman–Crippen MR) is 157 cm³/mol. The van der Waals surface area contributed by atoms with E-state index in [2.05, 4.69) is 39.3 Å². The number of hydrogen-bond acceptors (Lipinski definition) is 8. The lowest BCUT2D eigenvalue weighted by Gasteiger charge is -2.36. The summed E-state index contributed by atoms with van der Waals surface area (Å²) in [7, 11) is -3.88. The van der Waals surface area contributed by atoms with Gasteiger partial charge in [0.2, 0.25) is 10.0 Å². The molecule has 13 heteroatoms. The minimum Gasteiger partial charge on any atom is -0.380 e. The standard InChI is InChI=1S/C27H36N8O4S/c1-19(2)30-23-5-4-8-29-25(23)32-13-15-33(16-14-32)26(36)24-18-20-17-21(6-7-22(20)31-24)35(40(3,38)39)27(37)34-11-9-28-10-12-34/h4-8,17-19,28,30-31H,9-16H2,1-3H3. The molecule has 2 aliphatic rings. The lowest BCUT2D eigenvalue weighted by atomic mass is 10.2. The van der Waals surface area contributed by atoms with Gasteiger partial charge in [0.05, 0.1) is 17.6 Å². The number of carbonyl (C=O) groups is 2. The third-order valence-electron chi connectivity index (χ3n) is 7.06.